The number of alkyl carbamates (subject to hydrolysis) is 1. The lowest BCUT2D eigenvalue weighted by atomic mass is 9.97. The van der Waals surface area contributed by atoms with Crippen LogP contribution in [0.15, 0.2) is 78.9 Å². The molecular weight excluding hydrogens is 526 g/mol. The van der Waals surface area contributed by atoms with Crippen LogP contribution in [0.2, 0.25) is 0 Å². The number of nitrogens with one attached hydrogen (secondary N) is 1. The molecule has 0 saturated carbocycles. The Labute approximate surface area is 249 Å². The van der Waals surface area contributed by atoms with E-state index in [1.54, 1.807) is 18.0 Å². The molecular formula is C35H43N3O4. The highest BCUT2D eigenvalue weighted by molar-refractivity contribution is 5.93. The van der Waals surface area contributed by atoms with Gasteiger partial charge in [-0.05, 0) is 81.0 Å². The van der Waals surface area contributed by atoms with E-state index in [2.05, 4.69) is 41.7 Å². The summed E-state index contributed by atoms with van der Waals surface area (Å²) in [4.78, 5) is 43.1. The van der Waals surface area contributed by atoms with Crippen molar-refractivity contribution >= 4 is 28.7 Å². The molecule has 7 heteroatoms. The predicted molar refractivity (Wildman–Crippen MR) is 167 cm³/mol. The number of carbonyl (C=O) groups excluding carboxylic acids is 3. The molecule has 0 fully saturated rings. The van der Waals surface area contributed by atoms with Crippen molar-refractivity contribution in [3.05, 3.63) is 95.6 Å². The fourth-order valence-electron chi connectivity index (χ4n) is 5.23. The Morgan fingerprint density at radius 2 is 1.62 bits per heavy atom. The largest absolute Gasteiger partial charge is 0.444 e. The van der Waals surface area contributed by atoms with E-state index in [0.717, 1.165) is 28.3 Å². The van der Waals surface area contributed by atoms with E-state index in [-0.39, 0.29) is 11.8 Å². The van der Waals surface area contributed by atoms with Gasteiger partial charge in [-0.25, -0.2) is 4.79 Å². The van der Waals surface area contributed by atoms with E-state index in [1.807, 2.05) is 69.9 Å². The zero-order valence-corrected chi connectivity index (χ0v) is 25.6. The standard InChI is InChI=1S/C35H43N3O4/c1-34(2,3)42-33(41)36-35(4,5)20-11-16-31(39)37(6)30(23-25-17-18-26-12-7-9-14-28(26)22-25)32(40)38-21-19-27-13-8-10-15-29(27)24-38/h7-18,22,30H,19-21,23-24H2,1-6H3,(H,36,41)/b16-11+/t30-/m1/s1. The van der Waals surface area contributed by atoms with Crippen LogP contribution in [0.5, 0.6) is 0 Å². The summed E-state index contributed by atoms with van der Waals surface area (Å²) < 4.78 is 5.37. The molecule has 3 aromatic carbocycles. The van der Waals surface area contributed by atoms with Gasteiger partial charge >= 0.3 is 6.09 Å². The molecule has 0 bridgehead atoms. The number of hydrogen-bond acceptors (Lipinski definition) is 4. The first-order chi connectivity index (χ1) is 19.8. The number of ether oxygens (including phenoxy) is 1. The van der Waals surface area contributed by atoms with E-state index in [4.69, 9.17) is 4.74 Å². The Morgan fingerprint density at radius 1 is 0.952 bits per heavy atom. The third kappa shape index (κ3) is 8.21. The van der Waals surface area contributed by atoms with E-state index in [1.165, 1.54) is 11.6 Å². The minimum Gasteiger partial charge on any atom is -0.444 e. The van der Waals surface area contributed by atoms with Gasteiger partial charge in [-0.2, -0.15) is 0 Å². The van der Waals surface area contributed by atoms with E-state index in [9.17, 15) is 14.4 Å². The molecule has 222 valence electrons. The third-order valence-electron chi connectivity index (χ3n) is 7.51. The molecule has 1 aliphatic heterocycles. The van der Waals surface area contributed by atoms with Crippen molar-refractivity contribution in [3.63, 3.8) is 0 Å². The van der Waals surface area contributed by atoms with E-state index < -0.39 is 23.3 Å². The van der Waals surface area contributed by atoms with Gasteiger partial charge in [0.05, 0.1) is 0 Å². The van der Waals surface area contributed by atoms with Gasteiger partial charge in [-0.15, -0.1) is 0 Å². The minimum absolute atomic E-state index is 0.0613. The smallest absolute Gasteiger partial charge is 0.408 e. The van der Waals surface area contributed by atoms with Gasteiger partial charge in [0.2, 0.25) is 11.8 Å². The number of rotatable bonds is 8. The fourth-order valence-corrected chi connectivity index (χ4v) is 5.23. The lowest BCUT2D eigenvalue weighted by molar-refractivity contribution is -0.143. The summed E-state index contributed by atoms with van der Waals surface area (Å²) in [6, 6.07) is 21.9. The van der Waals surface area contributed by atoms with Crippen LogP contribution in [-0.2, 0) is 33.7 Å². The molecule has 1 heterocycles. The molecule has 0 spiro atoms. The maximum atomic E-state index is 14.0. The number of amides is 3. The van der Waals surface area contributed by atoms with Crippen LogP contribution < -0.4 is 5.32 Å². The van der Waals surface area contributed by atoms with Crippen molar-refractivity contribution in [2.24, 2.45) is 0 Å². The summed E-state index contributed by atoms with van der Waals surface area (Å²) in [5.41, 5.74) is 2.19. The zero-order chi connectivity index (χ0) is 30.5. The predicted octanol–water partition coefficient (Wildman–Crippen LogP) is 6.04. The van der Waals surface area contributed by atoms with E-state index >= 15 is 0 Å². The molecule has 0 radical (unpaired) electrons. The Kier molecular flexibility index (Phi) is 9.40. The number of carbonyl (C=O) groups is 3. The molecule has 1 atom stereocenters. The van der Waals surface area contributed by atoms with Crippen LogP contribution in [0.1, 0.15) is 57.7 Å². The second-order valence-corrected chi connectivity index (χ2v) is 12.7. The van der Waals surface area contributed by atoms with Crippen LogP contribution in [0.25, 0.3) is 10.8 Å². The lowest BCUT2D eigenvalue weighted by Crippen LogP contribution is -2.51. The SMILES string of the molecule is CN(C(=O)/C=C/CC(C)(C)NC(=O)OC(C)(C)C)[C@H](Cc1ccc2ccccc2c1)C(=O)N1CCc2ccccc2C1. The molecule has 0 aromatic heterocycles. The first-order valence-corrected chi connectivity index (χ1v) is 14.6. The van der Waals surface area contributed by atoms with Crippen molar-refractivity contribution in [3.8, 4) is 0 Å². The normalized spacial score (nSPS) is 14.4. The van der Waals surface area contributed by atoms with Gasteiger partial charge in [0, 0.05) is 32.1 Å². The monoisotopic (exact) mass is 569 g/mol. The molecule has 3 aromatic rings. The summed E-state index contributed by atoms with van der Waals surface area (Å²) in [6.07, 6.45) is 4.34. The molecule has 0 aliphatic carbocycles. The van der Waals surface area contributed by atoms with Gasteiger partial charge in [0.25, 0.3) is 0 Å². The molecule has 0 saturated heterocycles. The number of likely N-dealkylation sites (N-methyl/N-ethyl adjacent to an activating group) is 1. The molecule has 3 amide bonds. The fraction of sp³-hybridized carbons (Fsp3) is 0.400. The molecule has 0 unspecified atom stereocenters. The van der Waals surface area contributed by atoms with Crippen molar-refractivity contribution in [2.45, 2.75) is 77.6 Å². The third-order valence-corrected chi connectivity index (χ3v) is 7.51. The van der Waals surface area contributed by atoms with Gasteiger partial charge < -0.3 is 19.9 Å². The molecule has 1 aliphatic rings. The molecule has 42 heavy (non-hydrogen) atoms. The van der Waals surface area contributed by atoms with Crippen LogP contribution in [0.4, 0.5) is 4.79 Å². The second-order valence-electron chi connectivity index (χ2n) is 12.7. The summed E-state index contributed by atoms with van der Waals surface area (Å²) in [6.45, 7) is 10.3. The summed E-state index contributed by atoms with van der Waals surface area (Å²) in [5, 5.41) is 5.09. The van der Waals surface area contributed by atoms with Gasteiger partial charge in [-0.3, -0.25) is 9.59 Å². The average molecular weight is 570 g/mol. The van der Waals surface area contributed by atoms with Crippen LogP contribution in [0.3, 0.4) is 0 Å². The summed E-state index contributed by atoms with van der Waals surface area (Å²) in [5.74, 6) is -0.326. The average Bonchev–Trinajstić information content (AvgIpc) is 2.93. The van der Waals surface area contributed by atoms with E-state index in [0.29, 0.717) is 25.9 Å². The Balaban J connectivity index is 1.50. The second kappa shape index (κ2) is 12.8. The number of hydrogen-bond donors (Lipinski definition) is 1. The molecule has 1 N–H and O–H groups in total. The highest BCUT2D eigenvalue weighted by Gasteiger charge is 2.32. The first-order valence-electron chi connectivity index (χ1n) is 14.6. The first kappa shape index (κ1) is 30.8. The van der Waals surface area contributed by atoms with Gasteiger partial charge in [-0.1, -0.05) is 72.8 Å². The van der Waals surface area contributed by atoms with Crippen molar-refractivity contribution in [1.82, 2.24) is 15.1 Å². The number of nitrogens with zero attached hydrogens (tertiary/aromatic N) is 2. The topological polar surface area (TPSA) is 79.0 Å². The highest BCUT2D eigenvalue weighted by Crippen LogP contribution is 2.23. The van der Waals surface area contributed by atoms with Gasteiger partial charge in [0.15, 0.2) is 0 Å². The maximum Gasteiger partial charge on any atom is 0.408 e. The Morgan fingerprint density at radius 3 is 2.33 bits per heavy atom. The van der Waals surface area contributed by atoms with Crippen LogP contribution in [0, 0.1) is 0 Å². The van der Waals surface area contributed by atoms with Crippen molar-refractivity contribution in [1.29, 1.82) is 0 Å². The highest BCUT2D eigenvalue weighted by atomic mass is 16.6. The minimum atomic E-state index is -0.665. The quantitative estimate of drug-likeness (QED) is 0.335. The van der Waals surface area contributed by atoms with Crippen molar-refractivity contribution in [2.75, 3.05) is 13.6 Å². The van der Waals surface area contributed by atoms with Gasteiger partial charge in [0.1, 0.15) is 11.6 Å². The van der Waals surface area contributed by atoms with Crippen molar-refractivity contribution < 1.29 is 19.1 Å². The summed E-state index contributed by atoms with van der Waals surface area (Å²) in [7, 11) is 1.69. The number of fused-ring (bicyclic) bond motifs is 2. The summed E-state index contributed by atoms with van der Waals surface area (Å²) >= 11 is 0. The number of benzene rings is 3. The van der Waals surface area contributed by atoms with Crippen LogP contribution in [-0.4, -0.2) is 58.5 Å². The Hall–Kier alpha value is -4.13. The molecule has 7 nitrogen and oxygen atoms in total. The lowest BCUT2D eigenvalue weighted by Gasteiger charge is -2.35. The maximum absolute atomic E-state index is 14.0. The molecule has 4 rings (SSSR count). The Bertz CT molecular complexity index is 1470. The van der Waals surface area contributed by atoms with Crippen LogP contribution >= 0.6 is 0 Å². The zero-order valence-electron chi connectivity index (χ0n) is 25.6.